The molecule has 1 aliphatic carbocycles. The summed E-state index contributed by atoms with van der Waals surface area (Å²) in [6, 6.07) is 3.68. The number of anilines is 1. The third-order valence-electron chi connectivity index (χ3n) is 4.14. The molecule has 1 saturated carbocycles. The second kappa shape index (κ2) is 7.51. The van der Waals surface area contributed by atoms with E-state index in [2.05, 4.69) is 12.2 Å². The Balaban J connectivity index is 1.96. The van der Waals surface area contributed by atoms with Crippen LogP contribution in [-0.4, -0.2) is 6.04 Å². The monoisotopic (exact) mass is 317 g/mol. The Morgan fingerprint density at radius 2 is 1.85 bits per heavy atom. The zero-order valence-corrected chi connectivity index (χ0v) is 13.4. The molecule has 1 nitrogen and oxygen atoms in total. The van der Waals surface area contributed by atoms with Crippen molar-refractivity contribution in [1.82, 2.24) is 0 Å². The fraction of sp³-hybridized carbons (Fsp3) is 0.625. The van der Waals surface area contributed by atoms with Crippen LogP contribution in [0.25, 0.3) is 0 Å². The molecule has 0 saturated heterocycles. The van der Waals surface area contributed by atoms with E-state index in [0.717, 1.165) is 24.4 Å². The van der Waals surface area contributed by atoms with Gasteiger partial charge in [-0.3, -0.25) is 0 Å². The van der Waals surface area contributed by atoms with Crippen molar-refractivity contribution in [3.05, 3.63) is 28.0 Å². The molecule has 1 N–H and O–H groups in total. The van der Waals surface area contributed by atoms with Gasteiger partial charge in [-0.05, 0) is 37.3 Å². The molecular formula is C16H22Cl2FN. The Hall–Kier alpha value is -0.470. The minimum Gasteiger partial charge on any atom is -0.382 e. The Morgan fingerprint density at radius 3 is 2.50 bits per heavy atom. The van der Waals surface area contributed by atoms with Gasteiger partial charge in [0.05, 0.1) is 10.0 Å². The first-order valence-corrected chi connectivity index (χ1v) is 8.26. The van der Waals surface area contributed by atoms with Gasteiger partial charge < -0.3 is 5.32 Å². The predicted molar refractivity (Wildman–Crippen MR) is 85.3 cm³/mol. The van der Waals surface area contributed by atoms with Gasteiger partial charge in [-0.1, -0.05) is 55.8 Å². The molecule has 0 amide bonds. The number of benzene rings is 1. The number of halogens is 3. The van der Waals surface area contributed by atoms with E-state index >= 15 is 0 Å². The highest BCUT2D eigenvalue weighted by Crippen LogP contribution is 2.31. The van der Waals surface area contributed by atoms with Crippen LogP contribution in [0.1, 0.15) is 51.9 Å². The first-order valence-electron chi connectivity index (χ1n) is 7.51. The summed E-state index contributed by atoms with van der Waals surface area (Å²) in [6.07, 6.45) is 8.78. The first kappa shape index (κ1) is 15.9. The fourth-order valence-electron chi connectivity index (χ4n) is 3.09. The lowest BCUT2D eigenvalue weighted by molar-refractivity contribution is 0.422. The number of nitrogens with one attached hydrogen (secondary N) is 1. The Bertz CT molecular complexity index is 427. The van der Waals surface area contributed by atoms with Crippen LogP contribution in [0.3, 0.4) is 0 Å². The maximum absolute atomic E-state index is 13.4. The van der Waals surface area contributed by atoms with E-state index < -0.39 is 5.82 Å². The van der Waals surface area contributed by atoms with Crippen LogP contribution in [0.5, 0.6) is 0 Å². The molecule has 2 unspecified atom stereocenters. The molecule has 0 bridgehead atoms. The zero-order valence-electron chi connectivity index (χ0n) is 11.9. The molecule has 20 heavy (non-hydrogen) atoms. The highest BCUT2D eigenvalue weighted by molar-refractivity contribution is 6.35. The summed E-state index contributed by atoms with van der Waals surface area (Å²) in [5.41, 5.74) is 0.820. The Labute approximate surface area is 130 Å². The van der Waals surface area contributed by atoms with Crippen molar-refractivity contribution in [2.45, 2.75) is 57.9 Å². The van der Waals surface area contributed by atoms with Crippen molar-refractivity contribution >= 4 is 28.9 Å². The van der Waals surface area contributed by atoms with E-state index in [1.807, 2.05) is 0 Å². The van der Waals surface area contributed by atoms with Crippen LogP contribution in [0.4, 0.5) is 10.1 Å². The van der Waals surface area contributed by atoms with Gasteiger partial charge >= 0.3 is 0 Å². The first-order chi connectivity index (χ1) is 9.60. The molecule has 2 rings (SSSR count). The van der Waals surface area contributed by atoms with Gasteiger partial charge in [-0.2, -0.15) is 0 Å². The summed E-state index contributed by atoms with van der Waals surface area (Å²) in [5.74, 6) is 0.329. The third-order valence-corrected chi connectivity index (χ3v) is 4.69. The molecule has 2 atom stereocenters. The van der Waals surface area contributed by atoms with E-state index in [0.29, 0.717) is 6.04 Å². The smallest absolute Gasteiger partial charge is 0.160 e. The second-order valence-electron chi connectivity index (χ2n) is 5.76. The van der Waals surface area contributed by atoms with E-state index in [1.165, 1.54) is 32.1 Å². The Kier molecular flexibility index (Phi) is 5.98. The van der Waals surface area contributed by atoms with Gasteiger partial charge in [0, 0.05) is 11.7 Å². The van der Waals surface area contributed by atoms with Crippen LogP contribution in [-0.2, 0) is 0 Å². The quantitative estimate of drug-likeness (QED) is 0.508. The highest BCUT2D eigenvalue weighted by Gasteiger charge is 2.19. The van der Waals surface area contributed by atoms with E-state index in [-0.39, 0.29) is 10.0 Å². The van der Waals surface area contributed by atoms with Crippen molar-refractivity contribution in [3.8, 4) is 0 Å². The molecular weight excluding hydrogens is 296 g/mol. The molecule has 1 aromatic rings. The maximum Gasteiger partial charge on any atom is 0.160 e. The van der Waals surface area contributed by atoms with Crippen LogP contribution >= 0.6 is 23.2 Å². The van der Waals surface area contributed by atoms with Gasteiger partial charge in [-0.25, -0.2) is 4.39 Å². The molecule has 1 aliphatic rings. The standard InChI is InChI=1S/C16H22Cl2FN/c1-2-4-11-5-3-6-12(8-7-11)20-13-9-14(17)16(19)15(18)10-13/h9-12,20H,2-8H2,1H3. The summed E-state index contributed by atoms with van der Waals surface area (Å²) in [4.78, 5) is 0. The van der Waals surface area contributed by atoms with E-state index in [9.17, 15) is 4.39 Å². The van der Waals surface area contributed by atoms with Gasteiger partial charge in [0.15, 0.2) is 5.82 Å². The van der Waals surface area contributed by atoms with Crippen LogP contribution < -0.4 is 5.32 Å². The number of rotatable bonds is 4. The Morgan fingerprint density at radius 1 is 1.15 bits per heavy atom. The molecule has 112 valence electrons. The molecule has 1 aromatic carbocycles. The van der Waals surface area contributed by atoms with Crippen molar-refractivity contribution in [3.63, 3.8) is 0 Å². The van der Waals surface area contributed by atoms with Crippen LogP contribution in [0, 0.1) is 11.7 Å². The van der Waals surface area contributed by atoms with Crippen molar-refractivity contribution in [2.75, 3.05) is 5.32 Å². The number of hydrogen-bond acceptors (Lipinski definition) is 1. The summed E-state index contributed by atoms with van der Waals surface area (Å²) in [5, 5.41) is 3.62. The normalized spacial score (nSPS) is 23.4. The van der Waals surface area contributed by atoms with E-state index in [1.54, 1.807) is 12.1 Å². The molecule has 0 aliphatic heterocycles. The predicted octanol–water partition coefficient (Wildman–Crippen LogP) is 6.29. The zero-order chi connectivity index (χ0) is 14.5. The van der Waals surface area contributed by atoms with Gasteiger partial charge in [0.2, 0.25) is 0 Å². The fourth-order valence-corrected chi connectivity index (χ4v) is 3.58. The van der Waals surface area contributed by atoms with E-state index in [4.69, 9.17) is 23.2 Å². The third kappa shape index (κ3) is 4.26. The average Bonchev–Trinajstić information content (AvgIpc) is 2.62. The van der Waals surface area contributed by atoms with Crippen molar-refractivity contribution in [2.24, 2.45) is 5.92 Å². The number of hydrogen-bond donors (Lipinski definition) is 1. The largest absolute Gasteiger partial charge is 0.382 e. The highest BCUT2D eigenvalue weighted by atomic mass is 35.5. The SMILES string of the molecule is CCCC1CCCC(Nc2cc(Cl)c(F)c(Cl)c2)CC1. The summed E-state index contributed by atoms with van der Waals surface area (Å²) in [6.45, 7) is 2.25. The lowest BCUT2D eigenvalue weighted by atomic mass is 9.95. The molecule has 0 radical (unpaired) electrons. The topological polar surface area (TPSA) is 12.0 Å². The van der Waals surface area contributed by atoms with Gasteiger partial charge in [0.1, 0.15) is 0 Å². The molecule has 4 heteroatoms. The van der Waals surface area contributed by atoms with Gasteiger partial charge in [-0.15, -0.1) is 0 Å². The lowest BCUT2D eigenvalue weighted by Gasteiger charge is -2.18. The van der Waals surface area contributed by atoms with Crippen LogP contribution in [0.2, 0.25) is 10.0 Å². The minimum atomic E-state index is -0.539. The molecule has 0 aromatic heterocycles. The average molecular weight is 318 g/mol. The second-order valence-corrected chi connectivity index (χ2v) is 6.57. The molecule has 0 spiro atoms. The molecule has 1 fully saturated rings. The van der Waals surface area contributed by atoms with Gasteiger partial charge in [0.25, 0.3) is 0 Å². The summed E-state index contributed by atoms with van der Waals surface area (Å²) >= 11 is 11.7. The summed E-state index contributed by atoms with van der Waals surface area (Å²) in [7, 11) is 0. The lowest BCUT2D eigenvalue weighted by Crippen LogP contribution is -2.18. The summed E-state index contributed by atoms with van der Waals surface area (Å²) < 4.78 is 13.4. The molecule has 0 heterocycles. The minimum absolute atomic E-state index is 0.0810. The van der Waals surface area contributed by atoms with Crippen LogP contribution in [0.15, 0.2) is 12.1 Å². The van der Waals surface area contributed by atoms with Crippen molar-refractivity contribution in [1.29, 1.82) is 0 Å². The van der Waals surface area contributed by atoms with Crippen molar-refractivity contribution < 1.29 is 4.39 Å². The maximum atomic E-state index is 13.4.